The first-order chi connectivity index (χ1) is 10.0. The molecule has 1 heterocycles. The Balaban J connectivity index is 1.93. The highest BCUT2D eigenvalue weighted by Crippen LogP contribution is 2.34. The largest absolute Gasteiger partial charge is 0.351 e. The molecule has 3 nitrogen and oxygen atoms in total. The number of nitrogens with one attached hydrogen (secondary N) is 2. The third kappa shape index (κ3) is 2.86. The van der Waals surface area contributed by atoms with Crippen LogP contribution in [0.5, 0.6) is 0 Å². The Hall–Kier alpha value is -1.68. The summed E-state index contributed by atoms with van der Waals surface area (Å²) in [6.07, 6.45) is 0. The van der Waals surface area contributed by atoms with Crippen LogP contribution in [-0.2, 0) is 0 Å². The monoisotopic (exact) mass is 338 g/mol. The molecule has 0 unspecified atom stereocenters. The minimum absolute atomic E-state index is 0.289. The summed E-state index contributed by atoms with van der Waals surface area (Å²) in [6, 6.07) is 12.4. The molecule has 2 aromatic carbocycles. The first kappa shape index (κ1) is 14.3. The molecule has 106 valence electrons. The SMILES string of the molecule is O=C(Nc1c(Cl)cc(Cl)cc1Cl)c1cc2ccccc2[nH]1. The van der Waals surface area contributed by atoms with Crippen LogP contribution >= 0.6 is 34.8 Å². The van der Waals surface area contributed by atoms with Gasteiger partial charge in [-0.15, -0.1) is 0 Å². The average molecular weight is 340 g/mol. The van der Waals surface area contributed by atoms with E-state index in [2.05, 4.69) is 10.3 Å². The highest BCUT2D eigenvalue weighted by atomic mass is 35.5. The second-order valence-corrected chi connectivity index (χ2v) is 5.72. The quantitative estimate of drug-likeness (QED) is 0.647. The Kier molecular flexibility index (Phi) is 3.81. The smallest absolute Gasteiger partial charge is 0.272 e. The molecule has 0 spiro atoms. The van der Waals surface area contributed by atoms with Gasteiger partial charge in [-0.25, -0.2) is 0 Å². The normalized spacial score (nSPS) is 10.8. The molecular formula is C15H9Cl3N2O. The van der Waals surface area contributed by atoms with Gasteiger partial charge in [0.1, 0.15) is 5.69 Å². The number of hydrogen-bond donors (Lipinski definition) is 2. The summed E-state index contributed by atoms with van der Waals surface area (Å²) in [7, 11) is 0. The Morgan fingerprint density at radius 1 is 1.00 bits per heavy atom. The first-order valence-electron chi connectivity index (χ1n) is 6.08. The van der Waals surface area contributed by atoms with Gasteiger partial charge in [0.05, 0.1) is 15.7 Å². The lowest BCUT2D eigenvalue weighted by Crippen LogP contribution is -2.13. The lowest BCUT2D eigenvalue weighted by Gasteiger charge is -2.08. The van der Waals surface area contributed by atoms with Gasteiger partial charge in [0.25, 0.3) is 5.91 Å². The molecule has 0 radical (unpaired) electrons. The second-order valence-electron chi connectivity index (χ2n) is 4.47. The van der Waals surface area contributed by atoms with Crippen LogP contribution < -0.4 is 5.32 Å². The zero-order valence-electron chi connectivity index (χ0n) is 10.6. The van der Waals surface area contributed by atoms with Crippen LogP contribution in [0.15, 0.2) is 42.5 Å². The number of benzene rings is 2. The van der Waals surface area contributed by atoms with Crippen molar-refractivity contribution >= 4 is 57.3 Å². The number of fused-ring (bicyclic) bond motifs is 1. The van der Waals surface area contributed by atoms with Gasteiger partial charge in [-0.1, -0.05) is 53.0 Å². The molecule has 3 aromatic rings. The van der Waals surface area contributed by atoms with Crippen molar-refractivity contribution in [1.29, 1.82) is 0 Å². The van der Waals surface area contributed by atoms with Gasteiger partial charge in [0, 0.05) is 15.9 Å². The van der Waals surface area contributed by atoms with Gasteiger partial charge in [-0.3, -0.25) is 4.79 Å². The first-order valence-corrected chi connectivity index (χ1v) is 7.21. The maximum Gasteiger partial charge on any atom is 0.272 e. The van der Waals surface area contributed by atoms with E-state index < -0.39 is 0 Å². The predicted octanol–water partition coefficient (Wildman–Crippen LogP) is 5.38. The van der Waals surface area contributed by atoms with Gasteiger partial charge in [-0.05, 0) is 24.3 Å². The number of rotatable bonds is 2. The van der Waals surface area contributed by atoms with Crippen molar-refractivity contribution < 1.29 is 4.79 Å². The standard InChI is InChI=1S/C15H9Cl3N2O/c16-9-6-10(17)14(11(18)7-9)20-15(21)13-5-8-3-1-2-4-12(8)19-13/h1-7,19H,(H,20,21). The number of anilines is 1. The fourth-order valence-corrected chi connectivity index (χ4v) is 2.95. The van der Waals surface area contributed by atoms with E-state index in [0.29, 0.717) is 16.4 Å². The zero-order valence-corrected chi connectivity index (χ0v) is 12.9. The molecule has 3 rings (SSSR count). The lowest BCUT2D eigenvalue weighted by molar-refractivity contribution is 0.102. The topological polar surface area (TPSA) is 44.9 Å². The Bertz CT molecular complexity index is 786. The number of halogens is 3. The van der Waals surface area contributed by atoms with E-state index >= 15 is 0 Å². The molecule has 1 aromatic heterocycles. The molecule has 0 aliphatic rings. The maximum absolute atomic E-state index is 12.3. The highest BCUT2D eigenvalue weighted by Gasteiger charge is 2.14. The molecule has 21 heavy (non-hydrogen) atoms. The number of H-pyrrole nitrogens is 1. The summed E-state index contributed by atoms with van der Waals surface area (Å²) < 4.78 is 0. The number of aromatic nitrogens is 1. The van der Waals surface area contributed by atoms with E-state index in [4.69, 9.17) is 34.8 Å². The van der Waals surface area contributed by atoms with Gasteiger partial charge >= 0.3 is 0 Å². The third-order valence-corrected chi connectivity index (χ3v) is 3.83. The minimum Gasteiger partial charge on any atom is -0.351 e. The van der Waals surface area contributed by atoms with E-state index in [0.717, 1.165) is 10.9 Å². The highest BCUT2D eigenvalue weighted by molar-refractivity contribution is 6.42. The number of para-hydroxylation sites is 1. The fraction of sp³-hybridized carbons (Fsp3) is 0. The molecule has 1 amide bonds. The van der Waals surface area contributed by atoms with Crippen molar-refractivity contribution in [2.75, 3.05) is 5.32 Å². The van der Waals surface area contributed by atoms with Crippen LogP contribution in [0.3, 0.4) is 0 Å². The Morgan fingerprint density at radius 2 is 1.67 bits per heavy atom. The number of hydrogen-bond acceptors (Lipinski definition) is 1. The van der Waals surface area contributed by atoms with Gasteiger partial charge in [-0.2, -0.15) is 0 Å². The molecule has 0 fully saturated rings. The minimum atomic E-state index is -0.322. The second kappa shape index (κ2) is 5.60. The lowest BCUT2D eigenvalue weighted by atomic mass is 10.2. The van der Waals surface area contributed by atoms with Crippen molar-refractivity contribution in [3.05, 3.63) is 63.2 Å². The number of aromatic amines is 1. The number of carbonyl (C=O) groups excluding carboxylic acids is 1. The fourth-order valence-electron chi connectivity index (χ4n) is 2.04. The number of carbonyl (C=O) groups is 1. The van der Waals surface area contributed by atoms with E-state index in [9.17, 15) is 4.79 Å². The maximum atomic E-state index is 12.3. The summed E-state index contributed by atoms with van der Waals surface area (Å²) in [5.74, 6) is -0.322. The molecule has 0 atom stereocenters. The summed E-state index contributed by atoms with van der Waals surface area (Å²) in [5, 5.41) is 4.63. The predicted molar refractivity (Wildman–Crippen MR) is 87.7 cm³/mol. The van der Waals surface area contributed by atoms with Crippen LogP contribution in [0, 0.1) is 0 Å². The number of amides is 1. The molecule has 0 aliphatic heterocycles. The molecular weight excluding hydrogens is 331 g/mol. The van der Waals surface area contributed by atoms with Crippen LogP contribution in [0.2, 0.25) is 15.1 Å². The summed E-state index contributed by atoms with van der Waals surface area (Å²) in [4.78, 5) is 15.3. The molecule has 0 bridgehead atoms. The molecule has 0 aliphatic carbocycles. The Morgan fingerprint density at radius 3 is 2.33 bits per heavy atom. The van der Waals surface area contributed by atoms with E-state index in [-0.39, 0.29) is 16.0 Å². The molecule has 2 N–H and O–H groups in total. The van der Waals surface area contributed by atoms with E-state index in [1.54, 1.807) is 6.07 Å². The average Bonchev–Trinajstić information content (AvgIpc) is 2.86. The summed E-state index contributed by atoms with van der Waals surface area (Å²) >= 11 is 17.9. The molecule has 6 heteroatoms. The molecule has 0 saturated heterocycles. The van der Waals surface area contributed by atoms with Crippen LogP contribution in [0.4, 0.5) is 5.69 Å². The van der Waals surface area contributed by atoms with Crippen molar-refractivity contribution in [2.24, 2.45) is 0 Å². The zero-order chi connectivity index (χ0) is 15.0. The van der Waals surface area contributed by atoms with E-state index in [1.807, 2.05) is 24.3 Å². The van der Waals surface area contributed by atoms with Crippen LogP contribution in [-0.4, -0.2) is 10.9 Å². The van der Waals surface area contributed by atoms with Crippen molar-refractivity contribution in [3.8, 4) is 0 Å². The van der Waals surface area contributed by atoms with Crippen LogP contribution in [0.1, 0.15) is 10.5 Å². The van der Waals surface area contributed by atoms with Crippen molar-refractivity contribution in [3.63, 3.8) is 0 Å². The summed E-state index contributed by atoms with van der Waals surface area (Å²) in [6.45, 7) is 0. The Labute approximate surface area is 135 Å². The van der Waals surface area contributed by atoms with Gasteiger partial charge < -0.3 is 10.3 Å². The van der Waals surface area contributed by atoms with Gasteiger partial charge in [0.15, 0.2) is 0 Å². The molecule has 0 saturated carbocycles. The van der Waals surface area contributed by atoms with Crippen LogP contribution in [0.25, 0.3) is 10.9 Å². The van der Waals surface area contributed by atoms with Crippen molar-refractivity contribution in [1.82, 2.24) is 4.98 Å². The van der Waals surface area contributed by atoms with Crippen molar-refractivity contribution in [2.45, 2.75) is 0 Å². The summed E-state index contributed by atoms with van der Waals surface area (Å²) in [5.41, 5.74) is 1.65. The van der Waals surface area contributed by atoms with E-state index in [1.165, 1.54) is 12.1 Å². The van der Waals surface area contributed by atoms with Gasteiger partial charge in [0.2, 0.25) is 0 Å². The third-order valence-electron chi connectivity index (χ3n) is 3.02.